The molecule has 0 bridgehead atoms. The van der Waals surface area contributed by atoms with Crippen LogP contribution in [0.1, 0.15) is 41.0 Å². The molecule has 0 heterocycles. The fraction of sp³-hybridized carbons (Fsp3) is 0.562. The van der Waals surface area contributed by atoms with Gasteiger partial charge in [-0.25, -0.2) is 0 Å². The molecule has 4 heteroatoms. The summed E-state index contributed by atoms with van der Waals surface area (Å²) >= 11 is 0. The van der Waals surface area contributed by atoms with Crippen LogP contribution in [0, 0.1) is 0 Å². The Labute approximate surface area is 121 Å². The first-order valence-electron chi connectivity index (χ1n) is 7.12. The van der Waals surface area contributed by atoms with Crippen molar-refractivity contribution in [1.82, 2.24) is 5.32 Å². The molecule has 20 heavy (non-hydrogen) atoms. The van der Waals surface area contributed by atoms with Gasteiger partial charge < -0.3 is 15.4 Å². The van der Waals surface area contributed by atoms with Crippen LogP contribution in [0.2, 0.25) is 0 Å². The van der Waals surface area contributed by atoms with Crippen LogP contribution in [-0.4, -0.2) is 24.1 Å². The number of carbonyl (C=O) groups excluding carboxylic acids is 1. The van der Waals surface area contributed by atoms with Crippen molar-refractivity contribution in [1.29, 1.82) is 0 Å². The molecular weight excluding hydrogens is 252 g/mol. The van der Waals surface area contributed by atoms with Gasteiger partial charge in [0, 0.05) is 11.2 Å². The molecule has 1 atom stereocenters. The van der Waals surface area contributed by atoms with Crippen molar-refractivity contribution in [2.75, 3.05) is 11.9 Å². The largest absolute Gasteiger partial charge is 0.491 e. The summed E-state index contributed by atoms with van der Waals surface area (Å²) < 4.78 is 5.70. The molecule has 0 aromatic heterocycles. The normalized spacial score (nSPS) is 12.7. The second kappa shape index (κ2) is 7.17. The van der Waals surface area contributed by atoms with E-state index in [2.05, 4.69) is 17.6 Å². The van der Waals surface area contributed by atoms with Gasteiger partial charge in [-0.1, -0.05) is 6.92 Å². The number of carbonyl (C=O) groups is 1. The summed E-state index contributed by atoms with van der Waals surface area (Å²) in [4.78, 5) is 11.7. The van der Waals surface area contributed by atoms with E-state index in [0.717, 1.165) is 17.9 Å². The van der Waals surface area contributed by atoms with Crippen LogP contribution >= 0.6 is 0 Å². The predicted octanol–water partition coefficient (Wildman–Crippen LogP) is 3.19. The number of hydrogen-bond acceptors (Lipinski definition) is 3. The van der Waals surface area contributed by atoms with Crippen LogP contribution < -0.4 is 15.4 Å². The van der Waals surface area contributed by atoms with Gasteiger partial charge in [0.2, 0.25) is 5.91 Å². The Morgan fingerprint density at radius 1 is 1.25 bits per heavy atom. The van der Waals surface area contributed by atoms with Gasteiger partial charge in [0.05, 0.1) is 12.6 Å². The summed E-state index contributed by atoms with van der Waals surface area (Å²) in [6.45, 7) is 10.3. The monoisotopic (exact) mass is 278 g/mol. The summed E-state index contributed by atoms with van der Waals surface area (Å²) in [5.41, 5.74) is 0.706. The maximum absolute atomic E-state index is 11.7. The molecule has 1 unspecified atom stereocenters. The van der Waals surface area contributed by atoms with Crippen molar-refractivity contribution < 1.29 is 9.53 Å². The van der Waals surface area contributed by atoms with Crippen molar-refractivity contribution in [2.24, 2.45) is 0 Å². The minimum Gasteiger partial charge on any atom is -0.491 e. The van der Waals surface area contributed by atoms with Crippen LogP contribution in [0.15, 0.2) is 24.3 Å². The molecule has 1 aromatic rings. The van der Waals surface area contributed by atoms with Crippen LogP contribution in [-0.2, 0) is 4.79 Å². The lowest BCUT2D eigenvalue weighted by molar-refractivity contribution is -0.120. The van der Waals surface area contributed by atoms with Crippen molar-refractivity contribution in [3.05, 3.63) is 24.3 Å². The zero-order valence-electron chi connectivity index (χ0n) is 13.1. The first kappa shape index (κ1) is 16.3. The summed E-state index contributed by atoms with van der Waals surface area (Å²) in [7, 11) is 0. The molecule has 1 rings (SSSR count). The van der Waals surface area contributed by atoms with E-state index < -0.39 is 0 Å². The van der Waals surface area contributed by atoms with Crippen molar-refractivity contribution >= 4 is 11.6 Å². The molecule has 0 radical (unpaired) electrons. The topological polar surface area (TPSA) is 50.4 Å². The molecule has 2 N–H and O–H groups in total. The van der Waals surface area contributed by atoms with E-state index >= 15 is 0 Å². The molecular formula is C16H26N2O2. The Morgan fingerprint density at radius 2 is 1.85 bits per heavy atom. The fourth-order valence-electron chi connectivity index (χ4n) is 1.61. The summed E-state index contributed by atoms with van der Waals surface area (Å²) in [6.07, 6.45) is 1.19. The minimum atomic E-state index is -0.202. The maximum atomic E-state index is 11.7. The average Bonchev–Trinajstić information content (AvgIpc) is 2.36. The Balaban J connectivity index is 2.44. The quantitative estimate of drug-likeness (QED) is 0.840. The highest BCUT2D eigenvalue weighted by Gasteiger charge is 2.13. The third kappa shape index (κ3) is 6.45. The Morgan fingerprint density at radius 3 is 2.35 bits per heavy atom. The highest BCUT2D eigenvalue weighted by Crippen LogP contribution is 2.17. The second-order valence-corrected chi connectivity index (χ2v) is 6.01. The standard InChI is InChI=1S/C16H26N2O2/c1-6-12(2)20-14-9-7-13(8-10-14)17-11-15(19)18-16(3,4)5/h7-10,12,17H,6,11H2,1-5H3,(H,18,19). The molecule has 112 valence electrons. The van der Waals surface area contributed by atoms with Gasteiger partial charge in [-0.05, 0) is 58.4 Å². The maximum Gasteiger partial charge on any atom is 0.239 e. The lowest BCUT2D eigenvalue weighted by atomic mass is 10.1. The number of hydrogen-bond donors (Lipinski definition) is 2. The van der Waals surface area contributed by atoms with Crippen LogP contribution in [0.5, 0.6) is 5.75 Å². The summed E-state index contributed by atoms with van der Waals surface area (Å²) in [5.74, 6) is 0.835. The van der Waals surface area contributed by atoms with E-state index in [-0.39, 0.29) is 24.1 Å². The van der Waals surface area contributed by atoms with E-state index in [0.29, 0.717) is 0 Å². The van der Waals surface area contributed by atoms with Gasteiger partial charge in [-0.3, -0.25) is 4.79 Å². The van der Waals surface area contributed by atoms with Gasteiger partial charge in [-0.2, -0.15) is 0 Å². The third-order valence-corrected chi connectivity index (χ3v) is 2.73. The van der Waals surface area contributed by atoms with Gasteiger partial charge in [0.1, 0.15) is 5.75 Å². The second-order valence-electron chi connectivity index (χ2n) is 6.01. The van der Waals surface area contributed by atoms with Crippen LogP contribution in [0.3, 0.4) is 0 Å². The van der Waals surface area contributed by atoms with Crippen LogP contribution in [0.4, 0.5) is 5.69 Å². The van der Waals surface area contributed by atoms with Crippen molar-refractivity contribution in [3.8, 4) is 5.75 Å². The molecule has 4 nitrogen and oxygen atoms in total. The molecule has 0 aliphatic rings. The number of benzene rings is 1. The molecule has 0 fully saturated rings. The fourth-order valence-corrected chi connectivity index (χ4v) is 1.61. The zero-order chi connectivity index (χ0) is 15.2. The van der Waals surface area contributed by atoms with Crippen molar-refractivity contribution in [3.63, 3.8) is 0 Å². The molecule has 1 aromatic carbocycles. The molecule has 0 saturated carbocycles. The van der Waals surface area contributed by atoms with E-state index in [1.165, 1.54) is 0 Å². The van der Waals surface area contributed by atoms with E-state index in [1.807, 2.05) is 52.0 Å². The number of anilines is 1. The van der Waals surface area contributed by atoms with Gasteiger partial charge in [0.25, 0.3) is 0 Å². The molecule has 1 amide bonds. The van der Waals surface area contributed by atoms with Crippen LogP contribution in [0.25, 0.3) is 0 Å². The van der Waals surface area contributed by atoms with Crippen molar-refractivity contribution in [2.45, 2.75) is 52.7 Å². The molecule has 0 aliphatic heterocycles. The number of amides is 1. The molecule has 0 saturated heterocycles. The molecule has 0 spiro atoms. The average molecular weight is 278 g/mol. The Hall–Kier alpha value is -1.71. The molecule has 0 aliphatic carbocycles. The van der Waals surface area contributed by atoms with Gasteiger partial charge in [-0.15, -0.1) is 0 Å². The zero-order valence-corrected chi connectivity index (χ0v) is 13.1. The summed E-state index contributed by atoms with van der Waals surface area (Å²) in [5, 5.41) is 6.00. The van der Waals surface area contributed by atoms with Gasteiger partial charge >= 0.3 is 0 Å². The lowest BCUT2D eigenvalue weighted by Crippen LogP contribution is -2.43. The number of ether oxygens (including phenoxy) is 1. The predicted molar refractivity (Wildman–Crippen MR) is 83.2 cm³/mol. The Kier molecular flexibility index (Phi) is 5.86. The highest BCUT2D eigenvalue weighted by atomic mass is 16.5. The van der Waals surface area contributed by atoms with E-state index in [9.17, 15) is 4.79 Å². The Bertz CT molecular complexity index is 421. The highest BCUT2D eigenvalue weighted by molar-refractivity contribution is 5.81. The minimum absolute atomic E-state index is 0.0163. The lowest BCUT2D eigenvalue weighted by Gasteiger charge is -2.20. The van der Waals surface area contributed by atoms with Gasteiger partial charge in [0.15, 0.2) is 0 Å². The van der Waals surface area contributed by atoms with E-state index in [4.69, 9.17) is 4.74 Å². The number of rotatable bonds is 6. The first-order valence-corrected chi connectivity index (χ1v) is 7.12. The third-order valence-electron chi connectivity index (χ3n) is 2.73. The number of nitrogens with one attached hydrogen (secondary N) is 2. The SMILES string of the molecule is CCC(C)Oc1ccc(NCC(=O)NC(C)(C)C)cc1. The first-order chi connectivity index (χ1) is 9.30. The van der Waals surface area contributed by atoms with E-state index in [1.54, 1.807) is 0 Å². The summed E-state index contributed by atoms with van der Waals surface area (Å²) in [6, 6.07) is 7.66. The smallest absolute Gasteiger partial charge is 0.239 e.